The number of ether oxygens (including phenoxy) is 5. The van der Waals surface area contributed by atoms with Gasteiger partial charge in [0.2, 0.25) is 5.91 Å². The van der Waals surface area contributed by atoms with Crippen LogP contribution in [0.15, 0.2) is 140 Å². The molecule has 0 unspecified atom stereocenters. The van der Waals surface area contributed by atoms with Crippen molar-refractivity contribution in [2.75, 3.05) is 60.3 Å². The van der Waals surface area contributed by atoms with Crippen molar-refractivity contribution in [3.63, 3.8) is 0 Å². The van der Waals surface area contributed by atoms with Gasteiger partial charge in [-0.2, -0.15) is 13.2 Å². The van der Waals surface area contributed by atoms with Crippen molar-refractivity contribution in [2.24, 2.45) is 0 Å². The molecule has 14 heteroatoms. The van der Waals surface area contributed by atoms with E-state index in [4.69, 9.17) is 28.1 Å². The van der Waals surface area contributed by atoms with Gasteiger partial charge < -0.3 is 38.3 Å². The predicted molar refractivity (Wildman–Crippen MR) is 242 cm³/mol. The van der Waals surface area contributed by atoms with Gasteiger partial charge in [-0.15, -0.1) is 0 Å². The summed E-state index contributed by atoms with van der Waals surface area (Å²) in [6, 6.07) is 45.8. The highest BCUT2D eigenvalue weighted by Gasteiger charge is 2.52. The molecule has 1 N–H and O–H groups in total. The summed E-state index contributed by atoms with van der Waals surface area (Å²) < 4.78 is 74.8. The third-order valence-electron chi connectivity index (χ3n) is 11.5. The Morgan fingerprint density at radius 2 is 1.16 bits per heavy atom. The van der Waals surface area contributed by atoms with E-state index in [1.165, 1.54) is 0 Å². The fourth-order valence-electron chi connectivity index (χ4n) is 8.48. The van der Waals surface area contributed by atoms with Crippen LogP contribution in [0.1, 0.15) is 43.9 Å². The third-order valence-corrected chi connectivity index (χ3v) is 16.5. The first-order valence-electron chi connectivity index (χ1n) is 21.3. The van der Waals surface area contributed by atoms with Crippen LogP contribution >= 0.6 is 0 Å². The van der Waals surface area contributed by atoms with Crippen molar-refractivity contribution >= 4 is 30.5 Å². The van der Waals surface area contributed by atoms with Crippen molar-refractivity contribution in [3.8, 4) is 11.5 Å². The highest BCUT2D eigenvalue weighted by molar-refractivity contribution is 6.99. The molecule has 10 nitrogen and oxygen atoms in total. The van der Waals surface area contributed by atoms with Crippen LogP contribution in [0.2, 0.25) is 5.04 Å². The number of halogens is 3. The Bertz CT molecular complexity index is 2140. The molecule has 64 heavy (non-hydrogen) atoms. The van der Waals surface area contributed by atoms with Gasteiger partial charge in [-0.1, -0.05) is 136 Å². The standard InChI is InChI=1S/C50H57F3N2O8Si/c1-48(2,3)64(44-17-11-7-12-18-44,45-19-13-8-14-20-45)62-35-40-33-43(34-55(40)46(56)36-61-32-31-60-30-29-54-47(57)50(51,52)53)63-49(37-15-9-6-10-16-37,38-21-25-41(58-4)26-22-38)39-23-27-42(59-5)28-24-39/h6-28,40,43H,29-36H2,1-5H3,(H,54,57)/t40-,43+/m0/s1. The van der Waals surface area contributed by atoms with Gasteiger partial charge >= 0.3 is 12.1 Å². The van der Waals surface area contributed by atoms with E-state index in [9.17, 15) is 22.8 Å². The number of amides is 2. The lowest BCUT2D eigenvalue weighted by Gasteiger charge is -2.44. The summed E-state index contributed by atoms with van der Waals surface area (Å²) >= 11 is 0. The van der Waals surface area contributed by atoms with Gasteiger partial charge in [0.1, 0.15) is 23.7 Å². The Morgan fingerprint density at radius 1 is 0.672 bits per heavy atom. The van der Waals surface area contributed by atoms with Crippen molar-refractivity contribution in [3.05, 3.63) is 156 Å². The topological polar surface area (TPSA) is 105 Å². The van der Waals surface area contributed by atoms with E-state index in [0.717, 1.165) is 27.1 Å². The zero-order chi connectivity index (χ0) is 45.8. The van der Waals surface area contributed by atoms with Gasteiger partial charge in [0, 0.05) is 13.1 Å². The minimum absolute atomic E-state index is 0.00200. The molecule has 0 spiro atoms. The fraction of sp³-hybridized carbons (Fsp3) is 0.360. The van der Waals surface area contributed by atoms with Gasteiger partial charge in [0.25, 0.3) is 8.32 Å². The van der Waals surface area contributed by atoms with Crippen LogP contribution < -0.4 is 25.2 Å². The molecule has 2 atom stereocenters. The smallest absolute Gasteiger partial charge is 0.471 e. The maximum atomic E-state index is 14.4. The number of nitrogens with one attached hydrogen (secondary N) is 1. The first-order valence-corrected chi connectivity index (χ1v) is 23.2. The Morgan fingerprint density at radius 3 is 1.64 bits per heavy atom. The summed E-state index contributed by atoms with van der Waals surface area (Å²) in [6.45, 7) is 6.32. The molecule has 0 aromatic heterocycles. The number of hydrogen-bond donors (Lipinski definition) is 1. The third kappa shape index (κ3) is 11.0. The van der Waals surface area contributed by atoms with Crippen molar-refractivity contribution in [1.82, 2.24) is 10.2 Å². The second-order valence-corrected chi connectivity index (χ2v) is 20.9. The summed E-state index contributed by atoms with van der Waals surface area (Å²) in [5.74, 6) is -0.929. The van der Waals surface area contributed by atoms with Gasteiger partial charge in [-0.05, 0) is 62.8 Å². The maximum absolute atomic E-state index is 14.4. The number of nitrogens with zero attached hydrogens (tertiary/aromatic N) is 1. The molecule has 1 aliphatic rings. The molecule has 0 aliphatic carbocycles. The number of rotatable bonds is 20. The van der Waals surface area contributed by atoms with Gasteiger partial charge in [0.05, 0.1) is 52.8 Å². The van der Waals surface area contributed by atoms with Crippen molar-refractivity contribution in [1.29, 1.82) is 0 Å². The highest BCUT2D eigenvalue weighted by atomic mass is 28.4. The molecule has 2 amide bonds. The summed E-state index contributed by atoms with van der Waals surface area (Å²) in [5.41, 5.74) is 1.46. The molecular formula is C50H57F3N2O8Si. The van der Waals surface area contributed by atoms with Gasteiger partial charge in [-0.3, -0.25) is 9.59 Å². The Hall–Kier alpha value is -5.51. The first-order chi connectivity index (χ1) is 30.7. The monoisotopic (exact) mass is 898 g/mol. The Balaban J connectivity index is 1.32. The molecule has 0 radical (unpaired) electrons. The van der Waals surface area contributed by atoms with E-state index >= 15 is 0 Å². The Labute approximate surface area is 374 Å². The summed E-state index contributed by atoms with van der Waals surface area (Å²) in [5, 5.41) is 3.67. The number of benzene rings is 5. The van der Waals surface area contributed by atoms with E-state index in [2.05, 4.69) is 45.0 Å². The van der Waals surface area contributed by atoms with Crippen LogP contribution in [0, 0.1) is 0 Å². The lowest BCUT2D eigenvalue weighted by Crippen LogP contribution is -2.67. The van der Waals surface area contributed by atoms with E-state index in [1.54, 1.807) is 24.4 Å². The number of hydrogen-bond acceptors (Lipinski definition) is 8. The first kappa shape index (κ1) is 48.0. The number of likely N-dealkylation sites (tertiary alicyclic amines) is 1. The molecule has 6 rings (SSSR count). The van der Waals surface area contributed by atoms with E-state index in [-0.39, 0.29) is 57.1 Å². The van der Waals surface area contributed by atoms with E-state index in [0.29, 0.717) is 17.9 Å². The van der Waals surface area contributed by atoms with Crippen LogP contribution in [0.4, 0.5) is 13.2 Å². The second-order valence-electron chi connectivity index (χ2n) is 16.6. The van der Waals surface area contributed by atoms with Gasteiger partial charge in [0.15, 0.2) is 0 Å². The van der Waals surface area contributed by atoms with Crippen LogP contribution in [0.25, 0.3) is 0 Å². The van der Waals surface area contributed by atoms with Crippen molar-refractivity contribution in [2.45, 2.75) is 56.2 Å². The number of alkyl halides is 3. The number of carbonyl (C=O) groups excluding carboxylic acids is 2. The fourth-order valence-corrected chi connectivity index (χ4v) is 13.1. The summed E-state index contributed by atoms with van der Waals surface area (Å²) in [7, 11) is 0.218. The van der Waals surface area contributed by atoms with Crippen molar-refractivity contribution < 1.29 is 50.9 Å². The molecule has 1 saturated heterocycles. The lowest BCUT2D eigenvalue weighted by atomic mass is 9.79. The summed E-state index contributed by atoms with van der Waals surface area (Å²) in [4.78, 5) is 27.2. The largest absolute Gasteiger partial charge is 0.497 e. The quantitative estimate of drug-likeness (QED) is 0.0495. The molecule has 1 fully saturated rings. The van der Waals surface area contributed by atoms with Gasteiger partial charge in [-0.25, -0.2) is 0 Å². The molecule has 5 aromatic carbocycles. The summed E-state index contributed by atoms with van der Waals surface area (Å²) in [6.07, 6.45) is -5.02. The minimum atomic E-state index is -4.97. The minimum Gasteiger partial charge on any atom is -0.497 e. The maximum Gasteiger partial charge on any atom is 0.471 e. The molecule has 0 bridgehead atoms. The molecule has 1 aliphatic heterocycles. The average molecular weight is 899 g/mol. The second kappa shape index (κ2) is 21.4. The zero-order valence-corrected chi connectivity index (χ0v) is 37.9. The highest BCUT2D eigenvalue weighted by Crippen LogP contribution is 2.44. The van der Waals surface area contributed by atoms with E-state index in [1.807, 2.05) is 115 Å². The van der Waals surface area contributed by atoms with Crippen LogP contribution in [-0.4, -0.2) is 104 Å². The van der Waals surface area contributed by atoms with Crippen LogP contribution in [0.3, 0.4) is 0 Å². The predicted octanol–water partition coefficient (Wildman–Crippen LogP) is 7.27. The average Bonchev–Trinajstić information content (AvgIpc) is 3.71. The lowest BCUT2D eigenvalue weighted by molar-refractivity contribution is -0.173. The molecule has 1 heterocycles. The molecule has 340 valence electrons. The molecule has 0 saturated carbocycles. The van der Waals surface area contributed by atoms with Crippen LogP contribution in [-0.2, 0) is 33.8 Å². The van der Waals surface area contributed by atoms with Crippen LogP contribution in [0.5, 0.6) is 11.5 Å². The number of methoxy groups -OCH3 is 2. The molecule has 5 aromatic rings. The number of carbonyl (C=O) groups is 2. The Kier molecular flexibility index (Phi) is 16.1. The SMILES string of the molecule is COc1ccc(C(O[C@@H]2C[C@@H](CO[Si](c3ccccc3)(c3ccccc3)C(C)(C)C)N(C(=O)COCCOCCNC(=O)C(F)(F)F)C2)(c2ccccc2)c2ccc(OC)cc2)cc1. The zero-order valence-electron chi connectivity index (χ0n) is 36.9. The van der Waals surface area contributed by atoms with E-state index < -0.39 is 38.1 Å². The normalized spacial score (nSPS) is 15.8. The molecular weight excluding hydrogens is 842 g/mol.